The minimum atomic E-state index is -0.0491. The number of piperidine rings is 1. The van der Waals surface area contributed by atoms with Gasteiger partial charge >= 0.3 is 0 Å². The number of para-hydroxylation sites is 2. The number of carbonyl (C=O) groups excluding carboxylic acids is 1. The zero-order valence-corrected chi connectivity index (χ0v) is 13.2. The molecule has 0 aromatic heterocycles. The summed E-state index contributed by atoms with van der Waals surface area (Å²) in [6.45, 7) is 2.01. The van der Waals surface area contributed by atoms with Gasteiger partial charge in [-0.3, -0.25) is 4.79 Å². The first-order valence-corrected chi connectivity index (χ1v) is 8.08. The average Bonchev–Trinajstić information content (AvgIpc) is 2.62. The van der Waals surface area contributed by atoms with Crippen molar-refractivity contribution >= 4 is 11.6 Å². The minimum absolute atomic E-state index is 0.0491. The van der Waals surface area contributed by atoms with Gasteiger partial charge in [-0.05, 0) is 37.1 Å². The highest BCUT2D eigenvalue weighted by molar-refractivity contribution is 5.77. The molecule has 1 heterocycles. The van der Waals surface area contributed by atoms with Crippen LogP contribution in [0.5, 0.6) is 5.75 Å². The average molecular weight is 310 g/mol. The topological polar surface area (TPSA) is 41.6 Å². The van der Waals surface area contributed by atoms with Crippen LogP contribution in [0, 0.1) is 0 Å². The van der Waals surface area contributed by atoms with E-state index in [1.807, 2.05) is 36.4 Å². The van der Waals surface area contributed by atoms with Crippen molar-refractivity contribution in [1.29, 1.82) is 0 Å². The molecule has 23 heavy (non-hydrogen) atoms. The molecule has 0 saturated carbocycles. The fourth-order valence-corrected chi connectivity index (χ4v) is 2.86. The van der Waals surface area contributed by atoms with Crippen molar-refractivity contribution in [3.63, 3.8) is 0 Å². The molecule has 0 spiro atoms. The van der Waals surface area contributed by atoms with Gasteiger partial charge in [-0.15, -0.1) is 0 Å². The van der Waals surface area contributed by atoms with Gasteiger partial charge in [-0.1, -0.05) is 36.4 Å². The van der Waals surface area contributed by atoms with Crippen molar-refractivity contribution in [2.75, 3.05) is 24.6 Å². The summed E-state index contributed by atoms with van der Waals surface area (Å²) < 4.78 is 5.48. The maximum atomic E-state index is 12.0. The Hall–Kier alpha value is -2.49. The number of hydrogen-bond donors (Lipinski definition) is 1. The molecule has 1 amide bonds. The quantitative estimate of drug-likeness (QED) is 0.923. The van der Waals surface area contributed by atoms with E-state index in [0.717, 1.165) is 31.7 Å². The van der Waals surface area contributed by atoms with Crippen LogP contribution in [0.15, 0.2) is 60.7 Å². The van der Waals surface area contributed by atoms with Crippen molar-refractivity contribution in [2.24, 2.45) is 0 Å². The van der Waals surface area contributed by atoms with Crippen LogP contribution >= 0.6 is 0 Å². The Morgan fingerprint density at radius 3 is 2.26 bits per heavy atom. The van der Waals surface area contributed by atoms with Crippen LogP contribution in [0.2, 0.25) is 0 Å². The Kier molecular flexibility index (Phi) is 5.14. The van der Waals surface area contributed by atoms with Gasteiger partial charge in [-0.25, -0.2) is 0 Å². The Morgan fingerprint density at radius 1 is 1.00 bits per heavy atom. The van der Waals surface area contributed by atoms with E-state index in [0.29, 0.717) is 0 Å². The lowest BCUT2D eigenvalue weighted by Crippen LogP contribution is -2.46. The summed E-state index contributed by atoms with van der Waals surface area (Å²) in [6.07, 6.45) is 1.93. The Morgan fingerprint density at radius 2 is 1.61 bits per heavy atom. The SMILES string of the molecule is O=C(COc1ccccc1)NC1CCN(c2ccccc2)CC1. The van der Waals surface area contributed by atoms with Gasteiger partial charge in [0.1, 0.15) is 5.75 Å². The largest absolute Gasteiger partial charge is 0.484 e. The molecular formula is C19H22N2O2. The summed E-state index contributed by atoms with van der Waals surface area (Å²) in [7, 11) is 0. The van der Waals surface area contributed by atoms with Gasteiger partial charge in [0.05, 0.1) is 0 Å². The van der Waals surface area contributed by atoms with Crippen molar-refractivity contribution < 1.29 is 9.53 Å². The standard InChI is InChI=1S/C19H22N2O2/c22-19(15-23-18-9-5-2-6-10-18)20-16-11-13-21(14-12-16)17-7-3-1-4-8-17/h1-10,16H,11-15H2,(H,20,22). The molecule has 1 saturated heterocycles. The Labute approximate surface area is 137 Å². The van der Waals surface area contributed by atoms with Crippen molar-refractivity contribution in [2.45, 2.75) is 18.9 Å². The first-order chi connectivity index (χ1) is 11.3. The third-order valence-electron chi connectivity index (χ3n) is 4.09. The highest BCUT2D eigenvalue weighted by Crippen LogP contribution is 2.19. The van der Waals surface area contributed by atoms with Crippen LogP contribution in [0.25, 0.3) is 0 Å². The van der Waals surface area contributed by atoms with Crippen LogP contribution in [-0.2, 0) is 4.79 Å². The molecule has 2 aromatic carbocycles. The molecule has 1 fully saturated rings. The molecule has 0 unspecified atom stereocenters. The van der Waals surface area contributed by atoms with Crippen LogP contribution in [0.1, 0.15) is 12.8 Å². The number of hydrogen-bond acceptors (Lipinski definition) is 3. The van der Waals surface area contributed by atoms with E-state index in [2.05, 4.69) is 34.5 Å². The number of amides is 1. The van der Waals surface area contributed by atoms with Gasteiger partial charge in [-0.2, -0.15) is 0 Å². The molecule has 0 atom stereocenters. The molecule has 1 aliphatic heterocycles. The first kappa shape index (κ1) is 15.4. The lowest BCUT2D eigenvalue weighted by Gasteiger charge is -2.33. The number of nitrogens with zero attached hydrogens (tertiary/aromatic N) is 1. The number of carbonyl (C=O) groups is 1. The van der Waals surface area contributed by atoms with E-state index in [4.69, 9.17) is 4.74 Å². The minimum Gasteiger partial charge on any atom is -0.484 e. The van der Waals surface area contributed by atoms with Gasteiger partial charge in [0.25, 0.3) is 5.91 Å². The maximum absolute atomic E-state index is 12.0. The van der Waals surface area contributed by atoms with Crippen LogP contribution in [0.3, 0.4) is 0 Å². The molecule has 1 aliphatic rings. The van der Waals surface area contributed by atoms with E-state index >= 15 is 0 Å². The summed E-state index contributed by atoms with van der Waals surface area (Å²) >= 11 is 0. The molecule has 0 radical (unpaired) electrons. The summed E-state index contributed by atoms with van der Waals surface area (Å²) in [6, 6.07) is 20.1. The molecule has 2 aromatic rings. The summed E-state index contributed by atoms with van der Waals surface area (Å²) in [5.41, 5.74) is 1.25. The van der Waals surface area contributed by atoms with Crippen LogP contribution < -0.4 is 15.0 Å². The highest BCUT2D eigenvalue weighted by Gasteiger charge is 2.20. The lowest BCUT2D eigenvalue weighted by molar-refractivity contribution is -0.123. The van der Waals surface area contributed by atoms with E-state index < -0.39 is 0 Å². The predicted octanol–water partition coefficient (Wildman–Crippen LogP) is 2.85. The third kappa shape index (κ3) is 4.49. The first-order valence-electron chi connectivity index (χ1n) is 8.08. The summed E-state index contributed by atoms with van der Waals surface area (Å²) in [5.74, 6) is 0.675. The Bertz CT molecular complexity index is 608. The summed E-state index contributed by atoms with van der Waals surface area (Å²) in [4.78, 5) is 14.4. The molecule has 1 N–H and O–H groups in total. The Balaban J connectivity index is 1.41. The molecule has 4 heteroatoms. The van der Waals surface area contributed by atoms with E-state index in [-0.39, 0.29) is 18.6 Å². The smallest absolute Gasteiger partial charge is 0.258 e. The fourth-order valence-electron chi connectivity index (χ4n) is 2.86. The summed E-state index contributed by atoms with van der Waals surface area (Å²) in [5, 5.41) is 3.07. The number of benzene rings is 2. The second-order valence-electron chi connectivity index (χ2n) is 5.77. The molecular weight excluding hydrogens is 288 g/mol. The predicted molar refractivity (Wildman–Crippen MR) is 91.8 cm³/mol. The van der Waals surface area contributed by atoms with Crippen molar-refractivity contribution in [3.8, 4) is 5.75 Å². The van der Waals surface area contributed by atoms with E-state index in [1.165, 1.54) is 5.69 Å². The normalized spacial score (nSPS) is 15.2. The zero-order chi connectivity index (χ0) is 15.9. The number of ether oxygens (including phenoxy) is 1. The molecule has 3 rings (SSSR count). The fraction of sp³-hybridized carbons (Fsp3) is 0.316. The number of anilines is 1. The van der Waals surface area contributed by atoms with E-state index in [9.17, 15) is 4.79 Å². The second-order valence-corrected chi connectivity index (χ2v) is 5.77. The highest BCUT2D eigenvalue weighted by atomic mass is 16.5. The second kappa shape index (κ2) is 7.68. The van der Waals surface area contributed by atoms with Crippen molar-refractivity contribution in [3.05, 3.63) is 60.7 Å². The molecule has 0 bridgehead atoms. The number of rotatable bonds is 5. The van der Waals surface area contributed by atoms with E-state index in [1.54, 1.807) is 0 Å². The van der Waals surface area contributed by atoms with Crippen LogP contribution in [-0.4, -0.2) is 31.6 Å². The van der Waals surface area contributed by atoms with Crippen molar-refractivity contribution in [1.82, 2.24) is 5.32 Å². The van der Waals surface area contributed by atoms with Gasteiger partial charge in [0.15, 0.2) is 6.61 Å². The lowest BCUT2D eigenvalue weighted by atomic mass is 10.0. The van der Waals surface area contributed by atoms with Gasteiger partial charge < -0.3 is 15.0 Å². The monoisotopic (exact) mass is 310 g/mol. The third-order valence-corrected chi connectivity index (χ3v) is 4.09. The zero-order valence-electron chi connectivity index (χ0n) is 13.2. The van der Waals surface area contributed by atoms with Gasteiger partial charge in [0, 0.05) is 24.8 Å². The molecule has 0 aliphatic carbocycles. The number of nitrogens with one attached hydrogen (secondary N) is 1. The molecule has 120 valence electrons. The van der Waals surface area contributed by atoms with Crippen LogP contribution in [0.4, 0.5) is 5.69 Å². The molecule has 4 nitrogen and oxygen atoms in total. The maximum Gasteiger partial charge on any atom is 0.258 e. The van der Waals surface area contributed by atoms with Gasteiger partial charge in [0.2, 0.25) is 0 Å².